The molecule has 1 atom stereocenters. The minimum absolute atomic E-state index is 0.380. The van der Waals surface area contributed by atoms with E-state index in [-0.39, 0.29) is 12.1 Å². The van der Waals surface area contributed by atoms with E-state index in [9.17, 15) is 4.79 Å². The Labute approximate surface area is 160 Å². The molecule has 1 aliphatic heterocycles. The van der Waals surface area contributed by atoms with Crippen LogP contribution in [0.25, 0.3) is 6.08 Å². The fraction of sp³-hybridized carbons (Fsp3) is 0.261. The lowest BCUT2D eigenvalue weighted by atomic mass is 9.95. The van der Waals surface area contributed by atoms with E-state index >= 15 is 0 Å². The maximum absolute atomic E-state index is 12.1. The summed E-state index contributed by atoms with van der Waals surface area (Å²) in [5.74, 6) is 1.14. The van der Waals surface area contributed by atoms with E-state index in [1.807, 2.05) is 75.4 Å². The van der Waals surface area contributed by atoms with Crippen LogP contribution in [0.3, 0.4) is 0 Å². The fourth-order valence-electron chi connectivity index (χ4n) is 2.92. The minimum atomic E-state index is -0.534. The monoisotopic (exact) mass is 364 g/mol. The molecule has 0 radical (unpaired) electrons. The zero-order valence-electron chi connectivity index (χ0n) is 16.1. The molecule has 1 aliphatic rings. The molecule has 0 aromatic heterocycles. The first-order valence-electron chi connectivity index (χ1n) is 8.88. The van der Waals surface area contributed by atoms with Gasteiger partial charge in [-0.2, -0.15) is 0 Å². The highest BCUT2D eigenvalue weighted by Gasteiger charge is 2.26. The fourth-order valence-corrected chi connectivity index (χ4v) is 2.92. The predicted octanol–water partition coefficient (Wildman–Crippen LogP) is 5.11. The molecule has 0 saturated heterocycles. The average molecular weight is 364 g/mol. The highest BCUT2D eigenvalue weighted by atomic mass is 16.6. The van der Waals surface area contributed by atoms with Crippen molar-refractivity contribution in [2.24, 2.45) is 0 Å². The van der Waals surface area contributed by atoms with Crippen LogP contribution in [0.5, 0.6) is 11.5 Å². The van der Waals surface area contributed by atoms with Crippen LogP contribution >= 0.6 is 0 Å². The summed E-state index contributed by atoms with van der Waals surface area (Å²) in [5, 5.41) is 0. The second-order valence-corrected chi connectivity index (χ2v) is 7.29. The highest BCUT2D eigenvalue weighted by molar-refractivity contribution is 5.83. The molecule has 0 aliphatic carbocycles. The van der Waals surface area contributed by atoms with Gasteiger partial charge in [0.1, 0.15) is 17.1 Å². The van der Waals surface area contributed by atoms with Gasteiger partial charge in [0, 0.05) is 17.2 Å². The third kappa shape index (κ3) is 4.59. The van der Waals surface area contributed by atoms with Gasteiger partial charge in [0.15, 0.2) is 6.10 Å². The first-order valence-corrected chi connectivity index (χ1v) is 8.88. The number of methoxy groups -OCH3 is 1. The summed E-state index contributed by atoms with van der Waals surface area (Å²) >= 11 is 0. The molecule has 140 valence electrons. The molecule has 4 nitrogen and oxygen atoms in total. The average Bonchev–Trinajstić information content (AvgIpc) is 2.64. The molecular formula is C23H24O4. The Morgan fingerprint density at radius 3 is 2.52 bits per heavy atom. The van der Waals surface area contributed by atoms with Gasteiger partial charge in [0.2, 0.25) is 0 Å². The predicted molar refractivity (Wildman–Crippen MR) is 106 cm³/mol. The lowest BCUT2D eigenvalue weighted by Crippen LogP contribution is -2.22. The van der Waals surface area contributed by atoms with Crippen molar-refractivity contribution < 1.29 is 19.0 Å². The van der Waals surface area contributed by atoms with E-state index in [1.165, 1.54) is 6.08 Å². The van der Waals surface area contributed by atoms with Gasteiger partial charge in [-0.3, -0.25) is 0 Å². The minimum Gasteiger partial charge on any atom is -0.496 e. The maximum Gasteiger partial charge on any atom is 0.331 e. The van der Waals surface area contributed by atoms with Crippen LogP contribution in [-0.2, 0) is 9.53 Å². The summed E-state index contributed by atoms with van der Waals surface area (Å²) in [6, 6.07) is 15.5. The molecule has 0 amide bonds. The van der Waals surface area contributed by atoms with Crippen molar-refractivity contribution in [2.45, 2.75) is 32.5 Å². The molecule has 2 aromatic carbocycles. The number of benzene rings is 2. The summed E-state index contributed by atoms with van der Waals surface area (Å²) < 4.78 is 17.1. The van der Waals surface area contributed by atoms with Crippen molar-refractivity contribution in [1.29, 1.82) is 0 Å². The number of hydrogen-bond donors (Lipinski definition) is 0. The largest absolute Gasteiger partial charge is 0.496 e. The van der Waals surface area contributed by atoms with E-state index in [0.717, 1.165) is 28.2 Å². The second-order valence-electron chi connectivity index (χ2n) is 7.29. The molecule has 0 N–H and O–H groups in total. The van der Waals surface area contributed by atoms with Crippen LogP contribution in [-0.4, -0.2) is 18.7 Å². The van der Waals surface area contributed by atoms with Crippen molar-refractivity contribution in [1.82, 2.24) is 0 Å². The zero-order valence-corrected chi connectivity index (χ0v) is 16.1. The van der Waals surface area contributed by atoms with Gasteiger partial charge < -0.3 is 14.2 Å². The molecule has 0 unspecified atom stereocenters. The van der Waals surface area contributed by atoms with Crippen molar-refractivity contribution in [3.63, 3.8) is 0 Å². The first-order chi connectivity index (χ1) is 12.9. The van der Waals surface area contributed by atoms with Gasteiger partial charge in [0.25, 0.3) is 0 Å². The second kappa shape index (κ2) is 7.70. The topological polar surface area (TPSA) is 44.8 Å². The Morgan fingerprint density at radius 2 is 1.78 bits per heavy atom. The number of hydrogen-bond acceptors (Lipinski definition) is 4. The number of ether oxygens (including phenoxy) is 3. The molecule has 0 bridgehead atoms. The van der Waals surface area contributed by atoms with Crippen LogP contribution in [0.1, 0.15) is 38.0 Å². The Balaban J connectivity index is 1.98. The SMILES string of the molecule is COc1ccccc1[C@H]1Oc2ccccc2C=C1/C=C/C(=O)OC(C)(C)C. The molecule has 27 heavy (non-hydrogen) atoms. The third-order valence-electron chi connectivity index (χ3n) is 4.03. The van der Waals surface area contributed by atoms with Gasteiger partial charge in [-0.05, 0) is 50.6 Å². The summed E-state index contributed by atoms with van der Waals surface area (Å²) in [5.41, 5.74) is 2.18. The number of carbonyl (C=O) groups excluding carboxylic acids is 1. The standard InChI is InChI=1S/C23H24O4/c1-23(2,3)27-21(24)14-13-17-15-16-9-5-7-11-19(16)26-22(17)18-10-6-8-12-20(18)25-4/h5-15,22H,1-4H3/b14-13+/t22-/m0/s1. The van der Waals surface area contributed by atoms with Crippen molar-refractivity contribution in [2.75, 3.05) is 7.11 Å². The van der Waals surface area contributed by atoms with Crippen molar-refractivity contribution in [3.8, 4) is 11.5 Å². The van der Waals surface area contributed by atoms with Gasteiger partial charge in [0.05, 0.1) is 7.11 Å². The highest BCUT2D eigenvalue weighted by Crippen LogP contribution is 2.40. The van der Waals surface area contributed by atoms with Crippen LogP contribution in [0.15, 0.2) is 66.3 Å². The Hall–Kier alpha value is -3.01. The molecule has 0 spiro atoms. The zero-order chi connectivity index (χ0) is 19.4. The van der Waals surface area contributed by atoms with E-state index < -0.39 is 5.60 Å². The smallest absolute Gasteiger partial charge is 0.331 e. The lowest BCUT2D eigenvalue weighted by Gasteiger charge is -2.27. The van der Waals surface area contributed by atoms with Gasteiger partial charge in [-0.15, -0.1) is 0 Å². The van der Waals surface area contributed by atoms with E-state index in [1.54, 1.807) is 13.2 Å². The number of carbonyl (C=O) groups is 1. The van der Waals surface area contributed by atoms with Gasteiger partial charge in [-0.25, -0.2) is 4.79 Å². The number of para-hydroxylation sites is 2. The van der Waals surface area contributed by atoms with E-state index in [0.29, 0.717) is 0 Å². The van der Waals surface area contributed by atoms with Crippen molar-refractivity contribution in [3.05, 3.63) is 77.4 Å². The Kier molecular flexibility index (Phi) is 5.36. The molecule has 3 rings (SSSR count). The molecule has 0 fully saturated rings. The molecular weight excluding hydrogens is 340 g/mol. The van der Waals surface area contributed by atoms with Crippen LogP contribution in [0.4, 0.5) is 0 Å². The number of fused-ring (bicyclic) bond motifs is 1. The Morgan fingerprint density at radius 1 is 1.07 bits per heavy atom. The summed E-state index contributed by atoms with van der Waals surface area (Å²) in [4.78, 5) is 12.1. The lowest BCUT2D eigenvalue weighted by molar-refractivity contribution is -0.148. The summed E-state index contributed by atoms with van der Waals surface area (Å²) in [7, 11) is 1.63. The van der Waals surface area contributed by atoms with Gasteiger partial charge >= 0.3 is 5.97 Å². The number of rotatable bonds is 4. The number of esters is 1. The van der Waals surface area contributed by atoms with E-state index in [2.05, 4.69) is 0 Å². The van der Waals surface area contributed by atoms with Crippen molar-refractivity contribution >= 4 is 12.0 Å². The summed E-state index contributed by atoms with van der Waals surface area (Å²) in [6.07, 6.45) is 4.84. The maximum atomic E-state index is 12.1. The quantitative estimate of drug-likeness (QED) is 0.559. The molecule has 0 saturated carbocycles. The first kappa shape index (κ1) is 18.8. The third-order valence-corrected chi connectivity index (χ3v) is 4.03. The summed E-state index contributed by atoms with van der Waals surface area (Å²) in [6.45, 7) is 5.53. The van der Waals surface area contributed by atoms with Crippen LogP contribution < -0.4 is 9.47 Å². The Bertz CT molecular complexity index is 887. The normalized spacial score (nSPS) is 16.3. The van der Waals surface area contributed by atoms with Crippen LogP contribution in [0, 0.1) is 0 Å². The van der Waals surface area contributed by atoms with Gasteiger partial charge in [-0.1, -0.05) is 36.4 Å². The van der Waals surface area contributed by atoms with Crippen LogP contribution in [0.2, 0.25) is 0 Å². The molecule has 4 heteroatoms. The van der Waals surface area contributed by atoms with E-state index in [4.69, 9.17) is 14.2 Å². The molecule has 2 aromatic rings. The molecule has 1 heterocycles.